The van der Waals surface area contributed by atoms with Crippen molar-refractivity contribution in [2.45, 2.75) is 19.9 Å². The van der Waals surface area contributed by atoms with Crippen LogP contribution >= 0.6 is 0 Å². The maximum absolute atomic E-state index is 11.2. The fraction of sp³-hybridized carbons (Fsp3) is 0.235. The highest BCUT2D eigenvalue weighted by molar-refractivity contribution is 5.85. The molecule has 4 nitrogen and oxygen atoms in total. The molecule has 0 fully saturated rings. The Bertz CT molecular complexity index is 608. The standard InChI is InChI=1S/C17H20N2O2/c1-12-7-9-14(10-8-12)13(2)18-15-5-4-6-16(11-15)19-17(20)21-3/h4-11,13,18H,1-3H3,(H,19,20). The molecule has 2 rings (SSSR count). The molecule has 0 aliphatic heterocycles. The average Bonchev–Trinajstić information content (AvgIpc) is 2.48. The van der Waals surface area contributed by atoms with Gasteiger partial charge in [-0.3, -0.25) is 5.32 Å². The van der Waals surface area contributed by atoms with Gasteiger partial charge in [-0.1, -0.05) is 35.9 Å². The number of methoxy groups -OCH3 is 1. The second-order valence-electron chi connectivity index (χ2n) is 4.97. The molecule has 110 valence electrons. The number of carbonyl (C=O) groups excluding carboxylic acids is 1. The second kappa shape index (κ2) is 6.79. The zero-order valence-corrected chi connectivity index (χ0v) is 12.5. The topological polar surface area (TPSA) is 50.4 Å². The third-order valence-corrected chi connectivity index (χ3v) is 3.25. The van der Waals surface area contributed by atoms with Crippen molar-refractivity contribution in [3.63, 3.8) is 0 Å². The van der Waals surface area contributed by atoms with Gasteiger partial charge in [0.1, 0.15) is 0 Å². The lowest BCUT2D eigenvalue weighted by molar-refractivity contribution is 0.187. The number of anilines is 2. The minimum Gasteiger partial charge on any atom is -0.453 e. The Hall–Kier alpha value is -2.49. The van der Waals surface area contributed by atoms with Crippen LogP contribution in [0.3, 0.4) is 0 Å². The fourth-order valence-electron chi connectivity index (χ4n) is 2.04. The summed E-state index contributed by atoms with van der Waals surface area (Å²) in [5, 5.41) is 6.07. The number of ether oxygens (including phenoxy) is 1. The molecular weight excluding hydrogens is 264 g/mol. The summed E-state index contributed by atoms with van der Waals surface area (Å²) in [7, 11) is 1.34. The van der Waals surface area contributed by atoms with Crippen LogP contribution in [0.5, 0.6) is 0 Å². The van der Waals surface area contributed by atoms with E-state index in [0.29, 0.717) is 5.69 Å². The molecule has 0 aromatic heterocycles. The van der Waals surface area contributed by atoms with Gasteiger partial charge in [0.2, 0.25) is 0 Å². The molecule has 0 bridgehead atoms. The van der Waals surface area contributed by atoms with E-state index in [-0.39, 0.29) is 6.04 Å². The van der Waals surface area contributed by atoms with E-state index >= 15 is 0 Å². The van der Waals surface area contributed by atoms with E-state index < -0.39 is 6.09 Å². The molecule has 0 radical (unpaired) electrons. The monoisotopic (exact) mass is 284 g/mol. The van der Waals surface area contributed by atoms with E-state index in [1.54, 1.807) is 0 Å². The van der Waals surface area contributed by atoms with Crippen LogP contribution in [0.15, 0.2) is 48.5 Å². The van der Waals surface area contributed by atoms with Crippen LogP contribution in [0.25, 0.3) is 0 Å². The van der Waals surface area contributed by atoms with Crippen LogP contribution in [-0.2, 0) is 4.74 Å². The number of amides is 1. The summed E-state index contributed by atoms with van der Waals surface area (Å²) in [6, 6.07) is 16.2. The van der Waals surface area contributed by atoms with Crippen LogP contribution in [0.2, 0.25) is 0 Å². The van der Waals surface area contributed by atoms with Gasteiger partial charge < -0.3 is 10.1 Å². The number of benzene rings is 2. The first-order chi connectivity index (χ1) is 10.1. The lowest BCUT2D eigenvalue weighted by Crippen LogP contribution is -2.11. The number of rotatable bonds is 4. The summed E-state index contributed by atoms with van der Waals surface area (Å²) in [4.78, 5) is 11.2. The number of aryl methyl sites for hydroxylation is 1. The molecule has 0 saturated heterocycles. The molecule has 0 saturated carbocycles. The Morgan fingerprint density at radius 1 is 1.10 bits per heavy atom. The van der Waals surface area contributed by atoms with Crippen molar-refractivity contribution in [2.75, 3.05) is 17.7 Å². The molecule has 21 heavy (non-hydrogen) atoms. The van der Waals surface area contributed by atoms with E-state index in [4.69, 9.17) is 0 Å². The third-order valence-electron chi connectivity index (χ3n) is 3.25. The van der Waals surface area contributed by atoms with Crippen LogP contribution in [0.4, 0.5) is 16.2 Å². The smallest absolute Gasteiger partial charge is 0.411 e. The largest absolute Gasteiger partial charge is 0.453 e. The van der Waals surface area contributed by atoms with Crippen molar-refractivity contribution < 1.29 is 9.53 Å². The zero-order chi connectivity index (χ0) is 15.2. The maximum Gasteiger partial charge on any atom is 0.411 e. The maximum atomic E-state index is 11.2. The van der Waals surface area contributed by atoms with E-state index in [1.165, 1.54) is 18.2 Å². The molecule has 2 aromatic carbocycles. The van der Waals surface area contributed by atoms with E-state index in [2.05, 4.69) is 53.5 Å². The molecule has 1 amide bonds. The van der Waals surface area contributed by atoms with Gasteiger partial charge in [0.05, 0.1) is 7.11 Å². The number of hydrogen-bond donors (Lipinski definition) is 2. The Morgan fingerprint density at radius 2 is 1.76 bits per heavy atom. The molecular formula is C17H20N2O2. The highest BCUT2D eigenvalue weighted by atomic mass is 16.5. The number of carbonyl (C=O) groups is 1. The summed E-state index contributed by atoms with van der Waals surface area (Å²) < 4.78 is 4.59. The van der Waals surface area contributed by atoms with Crippen LogP contribution in [0, 0.1) is 6.92 Å². The predicted molar refractivity (Wildman–Crippen MR) is 85.7 cm³/mol. The molecule has 1 atom stereocenters. The van der Waals surface area contributed by atoms with Crippen molar-refractivity contribution in [3.05, 3.63) is 59.7 Å². The number of hydrogen-bond acceptors (Lipinski definition) is 3. The summed E-state index contributed by atoms with van der Waals surface area (Å²) in [5.41, 5.74) is 4.10. The normalized spacial score (nSPS) is 11.6. The van der Waals surface area contributed by atoms with Gasteiger partial charge in [0.25, 0.3) is 0 Å². The van der Waals surface area contributed by atoms with Gasteiger partial charge >= 0.3 is 6.09 Å². The minimum absolute atomic E-state index is 0.180. The Balaban J connectivity index is 2.06. The Kier molecular flexibility index (Phi) is 4.82. The summed E-state index contributed by atoms with van der Waals surface area (Å²) in [6.45, 7) is 4.18. The molecule has 0 aliphatic rings. The second-order valence-corrected chi connectivity index (χ2v) is 4.97. The first kappa shape index (κ1) is 14.9. The Morgan fingerprint density at radius 3 is 2.43 bits per heavy atom. The highest BCUT2D eigenvalue weighted by Crippen LogP contribution is 2.22. The van der Waals surface area contributed by atoms with Crippen LogP contribution in [-0.4, -0.2) is 13.2 Å². The molecule has 4 heteroatoms. The van der Waals surface area contributed by atoms with Crippen molar-refractivity contribution in [3.8, 4) is 0 Å². The lowest BCUT2D eigenvalue weighted by atomic mass is 10.1. The van der Waals surface area contributed by atoms with E-state index in [9.17, 15) is 4.79 Å². The lowest BCUT2D eigenvalue weighted by Gasteiger charge is -2.16. The van der Waals surface area contributed by atoms with Gasteiger partial charge in [-0.25, -0.2) is 4.79 Å². The minimum atomic E-state index is -0.473. The van der Waals surface area contributed by atoms with Gasteiger partial charge in [0, 0.05) is 17.4 Å². The molecule has 2 aromatic rings. The Labute approximate surface area is 125 Å². The zero-order valence-electron chi connectivity index (χ0n) is 12.5. The summed E-state index contributed by atoms with van der Waals surface area (Å²) >= 11 is 0. The van der Waals surface area contributed by atoms with Gasteiger partial charge in [-0.15, -0.1) is 0 Å². The van der Waals surface area contributed by atoms with Gasteiger partial charge in [-0.05, 0) is 37.6 Å². The van der Waals surface area contributed by atoms with Crippen LogP contribution < -0.4 is 10.6 Å². The molecule has 0 spiro atoms. The first-order valence-corrected chi connectivity index (χ1v) is 6.86. The summed E-state index contributed by atoms with van der Waals surface area (Å²) in [5.74, 6) is 0. The van der Waals surface area contributed by atoms with Crippen molar-refractivity contribution in [2.24, 2.45) is 0 Å². The van der Waals surface area contributed by atoms with Crippen molar-refractivity contribution in [1.29, 1.82) is 0 Å². The third kappa shape index (κ3) is 4.24. The average molecular weight is 284 g/mol. The first-order valence-electron chi connectivity index (χ1n) is 6.86. The van der Waals surface area contributed by atoms with Crippen LogP contribution in [0.1, 0.15) is 24.1 Å². The highest BCUT2D eigenvalue weighted by Gasteiger charge is 2.06. The molecule has 1 unspecified atom stereocenters. The fourth-order valence-corrected chi connectivity index (χ4v) is 2.04. The molecule has 0 aliphatic carbocycles. The number of nitrogens with one attached hydrogen (secondary N) is 2. The SMILES string of the molecule is COC(=O)Nc1cccc(NC(C)c2ccc(C)cc2)c1. The predicted octanol–water partition coefficient (Wildman–Crippen LogP) is 4.35. The van der Waals surface area contributed by atoms with Gasteiger partial charge in [-0.2, -0.15) is 0 Å². The quantitative estimate of drug-likeness (QED) is 0.877. The van der Waals surface area contributed by atoms with Crippen molar-refractivity contribution in [1.82, 2.24) is 0 Å². The molecule has 0 heterocycles. The molecule has 2 N–H and O–H groups in total. The summed E-state index contributed by atoms with van der Waals surface area (Å²) in [6.07, 6.45) is -0.473. The van der Waals surface area contributed by atoms with E-state index in [0.717, 1.165) is 5.69 Å². The van der Waals surface area contributed by atoms with E-state index in [1.807, 2.05) is 24.3 Å². The van der Waals surface area contributed by atoms with Gasteiger partial charge in [0.15, 0.2) is 0 Å². The van der Waals surface area contributed by atoms with Crippen molar-refractivity contribution >= 4 is 17.5 Å².